The molecule has 1 fully saturated rings. The molecule has 3 aliphatic rings. The summed E-state index contributed by atoms with van der Waals surface area (Å²) in [6, 6.07) is 8.46. The SMILES string of the molecule is O=C1N[C@H]2CN(Cc3cc4c(cc3Cl)OCO4)C[C@@H]2OCc2cn(nn2)CCCOc2cc1ccc2Cl. The van der Waals surface area contributed by atoms with E-state index in [2.05, 4.69) is 20.5 Å². The molecule has 3 aliphatic heterocycles. The van der Waals surface area contributed by atoms with E-state index >= 15 is 0 Å². The Morgan fingerprint density at radius 1 is 1.03 bits per heavy atom. The van der Waals surface area contributed by atoms with Crippen LogP contribution in [0.4, 0.5) is 0 Å². The molecular weight excluding hydrogens is 521 g/mol. The largest absolute Gasteiger partial charge is 0.492 e. The van der Waals surface area contributed by atoms with E-state index in [9.17, 15) is 4.79 Å². The molecule has 37 heavy (non-hydrogen) atoms. The standard InChI is InChI=1S/C25H25Cl2N5O5/c26-18-3-2-15-6-21(18)34-5-1-4-32-10-17(29-30-32)13-35-24-12-31(11-20(24)28-25(15)33)9-16-7-22-23(8-19(16)27)37-14-36-22/h2-3,6-8,10,20,24H,1,4-5,9,11-14H2,(H,28,33)/t20-,24-/m0/s1. The van der Waals surface area contributed by atoms with Crippen molar-refractivity contribution in [2.75, 3.05) is 26.5 Å². The predicted molar refractivity (Wildman–Crippen MR) is 134 cm³/mol. The highest BCUT2D eigenvalue weighted by Crippen LogP contribution is 2.37. The van der Waals surface area contributed by atoms with Crippen LogP contribution in [0, 0.1) is 0 Å². The number of nitrogens with zero attached hydrogens (tertiary/aromatic N) is 4. The number of ether oxygens (including phenoxy) is 4. The second kappa shape index (κ2) is 10.4. The molecule has 4 heterocycles. The summed E-state index contributed by atoms with van der Waals surface area (Å²) in [6.07, 6.45) is 2.31. The molecule has 12 heteroatoms. The van der Waals surface area contributed by atoms with Crippen LogP contribution >= 0.6 is 23.2 Å². The maximum absolute atomic E-state index is 13.2. The van der Waals surface area contributed by atoms with Crippen LogP contribution in [0.5, 0.6) is 17.2 Å². The van der Waals surface area contributed by atoms with Crippen molar-refractivity contribution in [3.05, 3.63) is 63.4 Å². The van der Waals surface area contributed by atoms with Crippen molar-refractivity contribution in [2.24, 2.45) is 0 Å². The molecule has 1 saturated heterocycles. The third-order valence-electron chi connectivity index (χ3n) is 6.61. The van der Waals surface area contributed by atoms with Gasteiger partial charge in [-0.2, -0.15) is 0 Å². The van der Waals surface area contributed by atoms with Crippen molar-refractivity contribution in [3.63, 3.8) is 0 Å². The smallest absolute Gasteiger partial charge is 0.251 e. The number of amides is 1. The number of nitrogens with one attached hydrogen (secondary N) is 1. The molecule has 10 nitrogen and oxygen atoms in total. The summed E-state index contributed by atoms with van der Waals surface area (Å²) in [6.45, 7) is 3.28. The molecule has 2 atom stereocenters. The first-order chi connectivity index (χ1) is 18.0. The van der Waals surface area contributed by atoms with Crippen LogP contribution < -0.4 is 19.5 Å². The molecule has 0 unspecified atom stereocenters. The van der Waals surface area contributed by atoms with E-state index in [4.69, 9.17) is 42.1 Å². The first-order valence-corrected chi connectivity index (χ1v) is 12.8. The summed E-state index contributed by atoms with van der Waals surface area (Å²) < 4.78 is 24.8. The molecule has 2 aromatic carbocycles. The van der Waals surface area contributed by atoms with Crippen molar-refractivity contribution in [1.82, 2.24) is 25.2 Å². The summed E-state index contributed by atoms with van der Waals surface area (Å²) in [4.78, 5) is 15.4. The minimum atomic E-state index is -0.266. The molecule has 1 N–H and O–H groups in total. The van der Waals surface area contributed by atoms with Crippen molar-refractivity contribution >= 4 is 29.1 Å². The molecular formula is C25H25Cl2N5O5. The van der Waals surface area contributed by atoms with Gasteiger partial charge >= 0.3 is 0 Å². The zero-order valence-corrected chi connectivity index (χ0v) is 21.4. The number of fused-ring (bicyclic) bond motifs is 6. The summed E-state index contributed by atoms with van der Waals surface area (Å²) in [7, 11) is 0. The van der Waals surface area contributed by atoms with Crippen LogP contribution in [0.3, 0.4) is 0 Å². The van der Waals surface area contributed by atoms with Gasteiger partial charge in [0.15, 0.2) is 11.5 Å². The van der Waals surface area contributed by atoms with Crippen LogP contribution in [0.1, 0.15) is 28.0 Å². The minimum Gasteiger partial charge on any atom is -0.492 e. The highest BCUT2D eigenvalue weighted by molar-refractivity contribution is 6.32. The maximum atomic E-state index is 13.2. The first kappa shape index (κ1) is 24.3. The second-order valence-electron chi connectivity index (χ2n) is 9.24. The first-order valence-electron chi connectivity index (χ1n) is 12.1. The van der Waals surface area contributed by atoms with Gasteiger partial charge in [0.05, 0.1) is 36.6 Å². The molecule has 6 rings (SSSR count). The molecule has 1 amide bonds. The molecule has 1 aromatic heterocycles. The van der Waals surface area contributed by atoms with Crippen LogP contribution in [0.2, 0.25) is 10.0 Å². The molecule has 0 spiro atoms. The van der Waals surface area contributed by atoms with Gasteiger partial charge in [0.1, 0.15) is 11.4 Å². The predicted octanol–water partition coefficient (Wildman–Crippen LogP) is 3.30. The maximum Gasteiger partial charge on any atom is 0.251 e. The number of rotatable bonds is 2. The number of benzene rings is 2. The highest BCUT2D eigenvalue weighted by Gasteiger charge is 2.35. The molecule has 4 bridgehead atoms. The Hall–Kier alpha value is -3.05. The average molecular weight is 546 g/mol. The lowest BCUT2D eigenvalue weighted by Crippen LogP contribution is -2.44. The number of aryl methyl sites for hydroxylation is 1. The molecule has 194 valence electrons. The fourth-order valence-corrected chi connectivity index (χ4v) is 5.12. The van der Waals surface area contributed by atoms with Crippen molar-refractivity contribution in [2.45, 2.75) is 38.3 Å². The van der Waals surface area contributed by atoms with E-state index in [-0.39, 0.29) is 31.5 Å². The van der Waals surface area contributed by atoms with Gasteiger partial charge in [-0.15, -0.1) is 5.10 Å². The monoisotopic (exact) mass is 545 g/mol. The number of aromatic nitrogens is 3. The van der Waals surface area contributed by atoms with E-state index in [0.717, 1.165) is 11.3 Å². The van der Waals surface area contributed by atoms with E-state index in [0.29, 0.717) is 72.1 Å². The fraction of sp³-hybridized carbons (Fsp3) is 0.400. The molecule has 0 saturated carbocycles. The Kier molecular flexibility index (Phi) is 6.81. The number of carbonyl (C=O) groups is 1. The Balaban J connectivity index is 1.24. The van der Waals surface area contributed by atoms with Gasteiger partial charge < -0.3 is 24.3 Å². The minimum absolute atomic E-state index is 0.185. The Bertz CT molecular complexity index is 1320. The van der Waals surface area contributed by atoms with Crippen molar-refractivity contribution in [3.8, 4) is 17.2 Å². The number of likely N-dealkylation sites (tertiary alicyclic amines) is 1. The van der Waals surface area contributed by atoms with Gasteiger partial charge in [0, 0.05) is 49.3 Å². The van der Waals surface area contributed by atoms with Gasteiger partial charge in [-0.1, -0.05) is 28.4 Å². The molecule has 0 radical (unpaired) electrons. The lowest BCUT2D eigenvalue weighted by Gasteiger charge is -2.20. The zero-order valence-electron chi connectivity index (χ0n) is 19.9. The number of halogens is 2. The summed E-state index contributed by atoms with van der Waals surface area (Å²) in [5.41, 5.74) is 2.11. The topological polar surface area (TPSA) is 100.0 Å². The molecule has 3 aromatic rings. The quantitative estimate of drug-likeness (QED) is 0.523. The number of hydrogen-bond donors (Lipinski definition) is 1. The van der Waals surface area contributed by atoms with Gasteiger partial charge in [-0.05, 0) is 29.8 Å². The third kappa shape index (κ3) is 5.33. The Morgan fingerprint density at radius 3 is 2.78 bits per heavy atom. The van der Waals surface area contributed by atoms with Gasteiger partial charge in [0.2, 0.25) is 6.79 Å². The Morgan fingerprint density at radius 2 is 1.89 bits per heavy atom. The highest BCUT2D eigenvalue weighted by atomic mass is 35.5. The third-order valence-corrected chi connectivity index (χ3v) is 7.27. The van der Waals surface area contributed by atoms with Crippen LogP contribution in [0.25, 0.3) is 0 Å². The normalized spacial score (nSPS) is 21.8. The van der Waals surface area contributed by atoms with Crippen molar-refractivity contribution in [1.29, 1.82) is 0 Å². The number of carbonyl (C=O) groups excluding carboxylic acids is 1. The number of hydrogen-bond acceptors (Lipinski definition) is 8. The van der Waals surface area contributed by atoms with Gasteiger partial charge in [-0.3, -0.25) is 14.4 Å². The van der Waals surface area contributed by atoms with Crippen LogP contribution in [0.15, 0.2) is 36.5 Å². The lowest BCUT2D eigenvalue weighted by molar-refractivity contribution is 0.0293. The van der Waals surface area contributed by atoms with E-state index in [1.807, 2.05) is 12.3 Å². The summed E-state index contributed by atoms with van der Waals surface area (Å²) >= 11 is 12.8. The van der Waals surface area contributed by atoms with E-state index in [1.54, 1.807) is 28.9 Å². The lowest BCUT2D eigenvalue weighted by atomic mass is 10.1. The second-order valence-corrected chi connectivity index (χ2v) is 10.1. The fourth-order valence-electron chi connectivity index (χ4n) is 4.73. The molecule has 0 aliphatic carbocycles. The van der Waals surface area contributed by atoms with E-state index < -0.39 is 0 Å². The van der Waals surface area contributed by atoms with Crippen molar-refractivity contribution < 1.29 is 23.7 Å². The zero-order chi connectivity index (χ0) is 25.4. The summed E-state index contributed by atoms with van der Waals surface area (Å²) in [5.74, 6) is 1.57. The average Bonchev–Trinajstić information content (AvgIpc) is 3.61. The summed E-state index contributed by atoms with van der Waals surface area (Å²) in [5, 5.41) is 12.6. The van der Waals surface area contributed by atoms with Gasteiger partial charge in [-0.25, -0.2) is 0 Å². The van der Waals surface area contributed by atoms with E-state index in [1.165, 1.54) is 0 Å². The van der Waals surface area contributed by atoms with Gasteiger partial charge in [0.25, 0.3) is 5.91 Å². The van der Waals surface area contributed by atoms with Crippen LogP contribution in [-0.2, 0) is 24.4 Å². The van der Waals surface area contributed by atoms with Crippen LogP contribution in [-0.4, -0.2) is 64.4 Å². The Labute approximate surface area is 223 Å².